The SMILES string of the molecule is CCOc1ccc(C(=O)Nc2ccccc2Sc2ccccc2)cc1CN(C)S(=O)(=O)c1ccccc1. The van der Waals surface area contributed by atoms with E-state index in [1.165, 1.54) is 11.4 Å². The molecule has 0 fully saturated rings. The summed E-state index contributed by atoms with van der Waals surface area (Å²) in [7, 11) is -2.20. The molecule has 0 aliphatic heterocycles. The number of nitrogens with one attached hydrogen (secondary N) is 1. The van der Waals surface area contributed by atoms with E-state index in [1.54, 1.807) is 60.3 Å². The van der Waals surface area contributed by atoms with Gasteiger partial charge < -0.3 is 10.1 Å². The lowest BCUT2D eigenvalue weighted by molar-refractivity contribution is 0.102. The quantitative estimate of drug-likeness (QED) is 0.259. The smallest absolute Gasteiger partial charge is 0.255 e. The predicted octanol–water partition coefficient (Wildman–Crippen LogP) is 6.31. The number of anilines is 1. The summed E-state index contributed by atoms with van der Waals surface area (Å²) in [4.78, 5) is 15.4. The third-order valence-corrected chi connectivity index (χ3v) is 8.47. The van der Waals surface area contributed by atoms with E-state index in [4.69, 9.17) is 4.74 Å². The molecular weight excluding hydrogens is 504 g/mol. The van der Waals surface area contributed by atoms with Crippen LogP contribution in [0.2, 0.25) is 0 Å². The first-order chi connectivity index (χ1) is 17.9. The van der Waals surface area contributed by atoms with Gasteiger partial charge in [-0.3, -0.25) is 4.79 Å². The topological polar surface area (TPSA) is 75.7 Å². The van der Waals surface area contributed by atoms with Crippen LogP contribution in [0.1, 0.15) is 22.8 Å². The Morgan fingerprint density at radius 1 is 0.892 bits per heavy atom. The molecule has 1 N–H and O–H groups in total. The Hall–Kier alpha value is -3.59. The van der Waals surface area contributed by atoms with Crippen LogP contribution in [0.4, 0.5) is 5.69 Å². The number of sulfonamides is 1. The summed E-state index contributed by atoms with van der Waals surface area (Å²) in [6.07, 6.45) is 0. The molecular formula is C29H28N2O4S2. The third kappa shape index (κ3) is 6.60. The molecule has 0 saturated heterocycles. The maximum Gasteiger partial charge on any atom is 0.255 e. The number of hydrogen-bond donors (Lipinski definition) is 1. The van der Waals surface area contributed by atoms with Gasteiger partial charge in [0.05, 0.1) is 17.2 Å². The van der Waals surface area contributed by atoms with Gasteiger partial charge in [0.25, 0.3) is 5.91 Å². The molecule has 0 unspecified atom stereocenters. The van der Waals surface area contributed by atoms with E-state index < -0.39 is 10.0 Å². The average Bonchev–Trinajstić information content (AvgIpc) is 2.92. The molecule has 0 bridgehead atoms. The van der Waals surface area contributed by atoms with Crippen molar-refractivity contribution in [1.29, 1.82) is 0 Å². The van der Waals surface area contributed by atoms with Crippen LogP contribution in [-0.4, -0.2) is 32.3 Å². The Morgan fingerprint density at radius 2 is 1.54 bits per heavy atom. The van der Waals surface area contributed by atoms with Gasteiger partial charge in [-0.05, 0) is 61.5 Å². The van der Waals surface area contributed by atoms with Gasteiger partial charge in [-0.1, -0.05) is 60.3 Å². The standard InChI is InChI=1S/C29H28N2O4S2/c1-3-35-27-19-18-22(20-23(27)21-31(2)37(33,34)25-14-8-5-9-15-25)29(32)30-26-16-10-11-17-28(26)36-24-12-6-4-7-13-24/h4-20H,3,21H2,1-2H3,(H,30,32). The molecule has 8 heteroatoms. The minimum atomic E-state index is -3.71. The monoisotopic (exact) mass is 532 g/mol. The zero-order chi connectivity index (χ0) is 26.3. The van der Waals surface area contributed by atoms with Crippen molar-refractivity contribution in [3.8, 4) is 5.75 Å². The van der Waals surface area contributed by atoms with Crippen LogP contribution in [0, 0.1) is 0 Å². The van der Waals surface area contributed by atoms with Crippen molar-refractivity contribution in [2.24, 2.45) is 0 Å². The number of carbonyl (C=O) groups is 1. The normalized spacial score (nSPS) is 11.3. The van der Waals surface area contributed by atoms with E-state index in [1.807, 2.05) is 61.5 Å². The lowest BCUT2D eigenvalue weighted by Crippen LogP contribution is -2.27. The van der Waals surface area contributed by atoms with E-state index in [-0.39, 0.29) is 17.3 Å². The van der Waals surface area contributed by atoms with Crippen molar-refractivity contribution in [3.63, 3.8) is 0 Å². The highest BCUT2D eigenvalue weighted by molar-refractivity contribution is 7.99. The molecule has 1 amide bonds. The fourth-order valence-corrected chi connectivity index (χ4v) is 5.80. The summed E-state index contributed by atoms with van der Waals surface area (Å²) in [6.45, 7) is 2.32. The molecule has 0 atom stereocenters. The molecule has 37 heavy (non-hydrogen) atoms. The molecule has 0 heterocycles. The molecule has 0 aliphatic carbocycles. The highest BCUT2D eigenvalue weighted by atomic mass is 32.2. The lowest BCUT2D eigenvalue weighted by Gasteiger charge is -2.20. The number of carbonyl (C=O) groups excluding carboxylic acids is 1. The highest BCUT2D eigenvalue weighted by Gasteiger charge is 2.22. The fraction of sp³-hybridized carbons (Fsp3) is 0.138. The Labute approximate surface area is 222 Å². The number of rotatable bonds is 10. The Bertz CT molecular complexity index is 1460. The molecule has 0 aromatic heterocycles. The number of benzene rings is 4. The van der Waals surface area contributed by atoms with Crippen LogP contribution in [0.15, 0.2) is 118 Å². The molecule has 190 valence electrons. The Kier molecular flexibility index (Phi) is 8.66. The van der Waals surface area contributed by atoms with Crippen molar-refractivity contribution >= 4 is 33.4 Å². The Balaban J connectivity index is 1.57. The molecule has 4 rings (SSSR count). The minimum Gasteiger partial charge on any atom is -0.494 e. The second-order valence-electron chi connectivity index (χ2n) is 8.20. The second-order valence-corrected chi connectivity index (χ2v) is 11.4. The summed E-state index contributed by atoms with van der Waals surface area (Å²) in [5.41, 5.74) is 1.70. The van der Waals surface area contributed by atoms with E-state index in [0.717, 1.165) is 9.79 Å². The fourth-order valence-electron chi connectivity index (χ4n) is 3.71. The van der Waals surface area contributed by atoms with Crippen LogP contribution in [0.25, 0.3) is 0 Å². The molecule has 4 aromatic carbocycles. The van der Waals surface area contributed by atoms with Crippen LogP contribution in [0.5, 0.6) is 5.75 Å². The molecule has 0 aliphatic rings. The van der Waals surface area contributed by atoms with Crippen molar-refractivity contribution < 1.29 is 17.9 Å². The second kappa shape index (κ2) is 12.1. The summed E-state index contributed by atoms with van der Waals surface area (Å²) < 4.78 is 33.1. The number of ether oxygens (including phenoxy) is 1. The molecule has 0 spiro atoms. The first kappa shape index (κ1) is 26.5. The van der Waals surface area contributed by atoms with Crippen molar-refractivity contribution in [3.05, 3.63) is 114 Å². The maximum atomic E-state index is 13.3. The zero-order valence-corrected chi connectivity index (χ0v) is 22.3. The lowest BCUT2D eigenvalue weighted by atomic mass is 10.1. The van der Waals surface area contributed by atoms with Crippen LogP contribution in [0.3, 0.4) is 0 Å². The van der Waals surface area contributed by atoms with Crippen LogP contribution < -0.4 is 10.1 Å². The molecule has 6 nitrogen and oxygen atoms in total. The predicted molar refractivity (Wildman–Crippen MR) is 148 cm³/mol. The van der Waals surface area contributed by atoms with Gasteiger partial charge in [-0.25, -0.2) is 8.42 Å². The van der Waals surface area contributed by atoms with Gasteiger partial charge >= 0.3 is 0 Å². The van der Waals surface area contributed by atoms with Crippen molar-refractivity contribution in [2.45, 2.75) is 28.2 Å². The molecule has 0 saturated carbocycles. The Morgan fingerprint density at radius 3 is 2.24 bits per heavy atom. The number of nitrogens with zero attached hydrogens (tertiary/aromatic N) is 1. The third-order valence-electron chi connectivity index (χ3n) is 5.57. The van der Waals surface area contributed by atoms with Gasteiger partial charge in [-0.15, -0.1) is 0 Å². The van der Waals surface area contributed by atoms with E-state index >= 15 is 0 Å². The van der Waals surface area contributed by atoms with Crippen molar-refractivity contribution in [1.82, 2.24) is 4.31 Å². The van der Waals surface area contributed by atoms with Gasteiger partial charge in [0.2, 0.25) is 10.0 Å². The van der Waals surface area contributed by atoms with E-state index in [2.05, 4.69) is 5.32 Å². The summed E-state index contributed by atoms with van der Waals surface area (Å²) in [5, 5.41) is 3.00. The zero-order valence-electron chi connectivity index (χ0n) is 20.6. The first-order valence-corrected chi connectivity index (χ1v) is 14.0. The number of para-hydroxylation sites is 1. The largest absolute Gasteiger partial charge is 0.494 e. The summed E-state index contributed by atoms with van der Waals surface area (Å²) >= 11 is 1.56. The van der Waals surface area contributed by atoms with E-state index in [9.17, 15) is 13.2 Å². The highest BCUT2D eigenvalue weighted by Crippen LogP contribution is 2.33. The van der Waals surface area contributed by atoms with Crippen molar-refractivity contribution in [2.75, 3.05) is 19.0 Å². The van der Waals surface area contributed by atoms with E-state index in [0.29, 0.717) is 29.2 Å². The average molecular weight is 533 g/mol. The number of amides is 1. The molecule has 4 aromatic rings. The number of hydrogen-bond acceptors (Lipinski definition) is 5. The summed E-state index contributed by atoms with van der Waals surface area (Å²) in [6, 6.07) is 30.9. The van der Waals surface area contributed by atoms with Crippen LogP contribution >= 0.6 is 11.8 Å². The first-order valence-electron chi connectivity index (χ1n) is 11.8. The summed E-state index contributed by atoms with van der Waals surface area (Å²) in [5.74, 6) is 0.244. The van der Waals surface area contributed by atoms with Gasteiger partial charge in [-0.2, -0.15) is 4.31 Å². The van der Waals surface area contributed by atoms with Gasteiger partial charge in [0, 0.05) is 34.5 Å². The maximum absolute atomic E-state index is 13.3. The molecule has 0 radical (unpaired) electrons. The minimum absolute atomic E-state index is 0.0497. The van der Waals surface area contributed by atoms with Gasteiger partial charge in [0.15, 0.2) is 0 Å². The van der Waals surface area contributed by atoms with Crippen LogP contribution in [-0.2, 0) is 16.6 Å². The van der Waals surface area contributed by atoms with Gasteiger partial charge in [0.1, 0.15) is 5.75 Å².